The summed E-state index contributed by atoms with van der Waals surface area (Å²) in [7, 11) is 1.69. The fourth-order valence-corrected chi connectivity index (χ4v) is 14.7. The van der Waals surface area contributed by atoms with Crippen molar-refractivity contribution in [2.24, 2.45) is 0 Å². The highest BCUT2D eigenvalue weighted by atomic mass is 16.5. The lowest BCUT2D eigenvalue weighted by Gasteiger charge is -2.28. The molecule has 118 heavy (non-hydrogen) atoms. The van der Waals surface area contributed by atoms with E-state index in [4.69, 9.17) is 4.74 Å². The standard InChI is InChI=1S/C60H52N2.C42H38N2O2.C10H12/c1-45-23-41-59(47(3)43-45)61(55-33-25-51(26-34-55)21-13-11-19-49-15-7-5-8-16-49)57-37-29-53(30-38-57)54-31-39-58(40-32-54)62(60-42-24-46(2)44-48(60)4)56-35-27-52(28-36-56)22-14-12-20-50-17-9-6-10-18-50;1-29-6-24-41(31(3)26-29)43(36-14-8-33(28-45)9-15-36)37-16-10-34(11-17-37)35-12-18-38(19-13-35)44(39-20-22-40(46-5)23-21-39)42-25-7-30(2)27-32(42)4;1-2-3-7-10-8-5-4-6-9-10/h5-44H,1-4H3;6-28H,1-5H3;3-9H,2H2,1H3/b;;7-3+. The molecule has 0 fully saturated rings. The molecular weight excluding hydrogens is 1430 g/mol. The van der Waals surface area contributed by atoms with Gasteiger partial charge in [0.25, 0.3) is 0 Å². The summed E-state index contributed by atoms with van der Waals surface area (Å²) in [5.41, 5.74) is 34.3. The Morgan fingerprint density at radius 2 is 0.466 bits per heavy atom. The van der Waals surface area contributed by atoms with Crippen LogP contribution < -0.4 is 24.3 Å². The molecule has 0 aromatic heterocycles. The topological polar surface area (TPSA) is 39.3 Å². The van der Waals surface area contributed by atoms with Crippen LogP contribution in [0, 0.1) is 55.4 Å². The number of carbonyl (C=O) groups is 1. The van der Waals surface area contributed by atoms with Crippen LogP contribution in [0.2, 0.25) is 0 Å². The zero-order valence-corrected chi connectivity index (χ0v) is 69.2. The van der Waals surface area contributed by atoms with Gasteiger partial charge in [0.1, 0.15) is 12.0 Å². The Kier molecular flexibility index (Phi) is 27.8. The number of benzene rings is 15. The van der Waals surface area contributed by atoms with Gasteiger partial charge in [-0.2, -0.15) is 0 Å². The van der Waals surface area contributed by atoms with Gasteiger partial charge in [-0.05, 0) is 280 Å². The van der Waals surface area contributed by atoms with E-state index in [2.05, 4.69) is 446 Å². The van der Waals surface area contributed by atoms with Crippen LogP contribution in [-0.4, -0.2) is 13.4 Å². The summed E-state index contributed by atoms with van der Waals surface area (Å²) in [6, 6.07) is 126. The Bertz CT molecular complexity index is 5730. The minimum absolute atomic E-state index is 0.659. The fraction of sp³-hybridized carbons (Fsp3) is 0.0982. The van der Waals surface area contributed by atoms with Crippen LogP contribution in [0.15, 0.2) is 388 Å². The molecule has 0 unspecified atom stereocenters. The van der Waals surface area contributed by atoms with Crippen LogP contribution in [-0.2, 0) is 0 Å². The minimum Gasteiger partial charge on any atom is -0.497 e. The maximum Gasteiger partial charge on any atom is 0.150 e. The number of hydrogen-bond donors (Lipinski definition) is 0. The average Bonchev–Trinajstić information content (AvgIpc) is 0.795. The maximum atomic E-state index is 11.3. The lowest BCUT2D eigenvalue weighted by atomic mass is 10.0. The molecule has 0 spiro atoms. The predicted octanol–water partition coefficient (Wildman–Crippen LogP) is 31.4. The molecule has 0 aliphatic carbocycles. The fourth-order valence-electron chi connectivity index (χ4n) is 14.7. The van der Waals surface area contributed by atoms with E-state index in [0.29, 0.717) is 5.56 Å². The zero-order valence-electron chi connectivity index (χ0n) is 69.2. The van der Waals surface area contributed by atoms with Crippen LogP contribution in [0.4, 0.5) is 68.2 Å². The Morgan fingerprint density at radius 3 is 0.695 bits per heavy atom. The Balaban J connectivity index is 0.000000189. The van der Waals surface area contributed by atoms with Crippen molar-refractivity contribution < 1.29 is 9.53 Å². The Labute approximate surface area is 699 Å². The molecule has 0 aliphatic heterocycles. The van der Waals surface area contributed by atoms with E-state index in [1.165, 1.54) is 72.3 Å². The van der Waals surface area contributed by atoms with Crippen molar-refractivity contribution in [1.82, 2.24) is 0 Å². The third-order valence-corrected chi connectivity index (χ3v) is 20.8. The van der Waals surface area contributed by atoms with Crippen molar-refractivity contribution in [3.63, 3.8) is 0 Å². The molecule has 0 heterocycles. The molecule has 15 aromatic rings. The van der Waals surface area contributed by atoms with E-state index in [-0.39, 0.29) is 0 Å². The highest BCUT2D eigenvalue weighted by Gasteiger charge is 2.21. The smallest absolute Gasteiger partial charge is 0.150 e. The maximum absolute atomic E-state index is 11.3. The molecule has 6 nitrogen and oxygen atoms in total. The van der Waals surface area contributed by atoms with Crippen molar-refractivity contribution in [2.75, 3.05) is 26.7 Å². The number of aryl methyl sites for hydroxylation is 8. The number of methoxy groups -OCH3 is 1. The first-order chi connectivity index (χ1) is 57.6. The Hall–Kier alpha value is -14.3. The van der Waals surface area contributed by atoms with E-state index in [9.17, 15) is 4.79 Å². The van der Waals surface area contributed by atoms with E-state index in [0.717, 1.165) is 109 Å². The van der Waals surface area contributed by atoms with Crippen LogP contribution in [0.1, 0.15) is 96.0 Å². The number of aldehydes is 1. The van der Waals surface area contributed by atoms with Gasteiger partial charge in [0.2, 0.25) is 0 Å². The van der Waals surface area contributed by atoms with Crippen molar-refractivity contribution in [3.8, 4) is 28.0 Å². The van der Waals surface area contributed by atoms with Gasteiger partial charge in [-0.15, -0.1) is 0 Å². The molecule has 0 saturated carbocycles. The third-order valence-electron chi connectivity index (χ3n) is 20.8. The molecule has 0 aliphatic rings. The lowest BCUT2D eigenvalue weighted by molar-refractivity contribution is 0.112. The summed E-state index contributed by atoms with van der Waals surface area (Å²) in [5.74, 6) is 0.831. The van der Waals surface area contributed by atoms with Crippen LogP contribution >= 0.6 is 0 Å². The van der Waals surface area contributed by atoms with Crippen LogP contribution in [0.3, 0.4) is 0 Å². The summed E-state index contributed by atoms with van der Waals surface area (Å²) >= 11 is 0. The van der Waals surface area contributed by atoms with Gasteiger partial charge in [0.15, 0.2) is 0 Å². The molecule has 0 bridgehead atoms. The number of ether oxygens (including phenoxy) is 1. The summed E-state index contributed by atoms with van der Waals surface area (Å²) in [5, 5.41) is 0. The van der Waals surface area contributed by atoms with Crippen molar-refractivity contribution in [3.05, 3.63) is 466 Å². The molecular formula is C112H102N4O2. The summed E-state index contributed by atoms with van der Waals surface area (Å²) in [6.45, 7) is 19.4. The van der Waals surface area contributed by atoms with Gasteiger partial charge < -0.3 is 24.3 Å². The van der Waals surface area contributed by atoms with Gasteiger partial charge >= 0.3 is 0 Å². The molecule has 582 valence electrons. The number of rotatable bonds is 24. The van der Waals surface area contributed by atoms with Crippen molar-refractivity contribution in [2.45, 2.75) is 68.7 Å². The van der Waals surface area contributed by atoms with Crippen LogP contribution in [0.5, 0.6) is 5.75 Å². The second-order valence-corrected chi connectivity index (χ2v) is 29.8. The first-order valence-electron chi connectivity index (χ1n) is 40.5. The molecule has 0 radical (unpaired) electrons. The minimum atomic E-state index is 0.659. The summed E-state index contributed by atoms with van der Waals surface area (Å²) < 4.78 is 5.42. The van der Waals surface area contributed by atoms with E-state index in [1.807, 2.05) is 54.6 Å². The summed E-state index contributed by atoms with van der Waals surface area (Å²) in [4.78, 5) is 20.6. The van der Waals surface area contributed by atoms with Gasteiger partial charge in [0.05, 0.1) is 7.11 Å². The predicted molar refractivity (Wildman–Crippen MR) is 507 cm³/mol. The normalized spacial score (nSPS) is 11.2. The molecule has 6 heteroatoms. The van der Waals surface area contributed by atoms with Gasteiger partial charge in [-0.1, -0.05) is 302 Å². The molecule has 0 atom stereocenters. The van der Waals surface area contributed by atoms with Crippen molar-refractivity contribution in [1.29, 1.82) is 0 Å². The molecule has 15 rings (SSSR count). The average molecular weight is 1540 g/mol. The molecule has 0 N–H and O–H groups in total. The van der Waals surface area contributed by atoms with Gasteiger partial charge in [-0.3, -0.25) is 4.79 Å². The summed E-state index contributed by atoms with van der Waals surface area (Å²) in [6.07, 6.45) is 23.2. The van der Waals surface area contributed by atoms with E-state index < -0.39 is 0 Å². The highest BCUT2D eigenvalue weighted by Crippen LogP contribution is 2.44. The first-order valence-corrected chi connectivity index (χ1v) is 40.5. The lowest BCUT2D eigenvalue weighted by Crippen LogP contribution is -2.11. The van der Waals surface area contributed by atoms with E-state index >= 15 is 0 Å². The molecule has 15 aromatic carbocycles. The van der Waals surface area contributed by atoms with Crippen molar-refractivity contribution >= 4 is 105 Å². The first kappa shape index (κ1) is 81.7. The third kappa shape index (κ3) is 21.4. The number of carbonyl (C=O) groups excluding carboxylic acids is 1. The zero-order chi connectivity index (χ0) is 82.1. The highest BCUT2D eigenvalue weighted by molar-refractivity contribution is 5.87. The number of anilines is 12. The van der Waals surface area contributed by atoms with Gasteiger partial charge in [-0.25, -0.2) is 0 Å². The largest absolute Gasteiger partial charge is 0.497 e. The number of nitrogens with zero attached hydrogens (tertiary/aromatic N) is 4. The number of hydrogen-bond acceptors (Lipinski definition) is 6. The molecule has 0 amide bonds. The van der Waals surface area contributed by atoms with E-state index in [1.54, 1.807) is 7.11 Å². The Morgan fingerprint density at radius 1 is 0.246 bits per heavy atom. The van der Waals surface area contributed by atoms with Gasteiger partial charge in [0, 0.05) is 73.8 Å². The molecule has 0 saturated heterocycles. The quantitative estimate of drug-likeness (QED) is 0.0443. The second kappa shape index (κ2) is 40.1. The number of allylic oxidation sites excluding steroid dienone is 5. The second-order valence-electron chi connectivity index (χ2n) is 29.8. The van der Waals surface area contributed by atoms with Crippen LogP contribution in [0.25, 0.3) is 52.6 Å². The SMILES string of the molecule is CC/C=C/c1ccccc1.COc1ccc(N(c2ccc(-c3ccc(N(c4ccc(C=O)cc4)c4ccc(C)cc4C)cc3)cc2)c2ccc(C)cc2C)cc1.Cc1ccc(N(c2ccc(C=CC=Cc3ccccc3)cc2)c2ccc(-c3ccc(N(c4ccc(C=CC=Cc5ccccc5)cc4)c4ccc(C)cc4C)cc3)cc2)c(C)c1. The monoisotopic (exact) mass is 1530 g/mol.